The Hall–Kier alpha value is -4.05. The number of non-ortho nitro benzene ring substituents is 1. The highest BCUT2D eigenvalue weighted by atomic mass is 32.1. The van der Waals surface area contributed by atoms with Crippen LogP contribution in [-0.2, 0) is 9.53 Å². The van der Waals surface area contributed by atoms with Gasteiger partial charge in [-0.2, -0.15) is 0 Å². The van der Waals surface area contributed by atoms with Crippen molar-refractivity contribution in [1.29, 1.82) is 0 Å². The number of esters is 1. The van der Waals surface area contributed by atoms with Crippen molar-refractivity contribution >= 4 is 29.1 Å². The topological polar surface area (TPSA) is 113 Å². The number of nitro benzene ring substituents is 1. The molecule has 0 fully saturated rings. The van der Waals surface area contributed by atoms with E-state index in [4.69, 9.17) is 9.47 Å². The fraction of sp³-hybridized carbons (Fsp3) is 0.240. The van der Waals surface area contributed by atoms with E-state index in [1.165, 1.54) is 16.7 Å². The Morgan fingerprint density at radius 1 is 1.23 bits per heavy atom. The quantitative estimate of drug-likeness (QED) is 0.296. The molecule has 1 aliphatic heterocycles. The molecule has 1 unspecified atom stereocenters. The van der Waals surface area contributed by atoms with Crippen LogP contribution in [-0.4, -0.2) is 28.7 Å². The molecule has 35 heavy (non-hydrogen) atoms. The summed E-state index contributed by atoms with van der Waals surface area (Å²) in [6.07, 6.45) is 1.24. The van der Waals surface area contributed by atoms with E-state index in [-0.39, 0.29) is 22.9 Å². The van der Waals surface area contributed by atoms with Crippen molar-refractivity contribution in [3.05, 3.63) is 101 Å². The van der Waals surface area contributed by atoms with Crippen LogP contribution in [0.4, 0.5) is 5.69 Å². The summed E-state index contributed by atoms with van der Waals surface area (Å²) in [4.78, 5) is 42.3. The third-order valence-corrected chi connectivity index (χ3v) is 6.38. The van der Waals surface area contributed by atoms with Gasteiger partial charge in [-0.25, -0.2) is 9.79 Å². The zero-order chi connectivity index (χ0) is 25.3. The van der Waals surface area contributed by atoms with Crippen LogP contribution >= 0.6 is 11.3 Å². The monoisotopic (exact) mass is 493 g/mol. The molecule has 4 rings (SSSR count). The Kier molecular flexibility index (Phi) is 6.65. The molecule has 1 atom stereocenters. The molecule has 180 valence electrons. The van der Waals surface area contributed by atoms with E-state index in [0.717, 1.165) is 11.3 Å². The van der Waals surface area contributed by atoms with Crippen LogP contribution in [0.3, 0.4) is 0 Å². The highest BCUT2D eigenvalue weighted by Gasteiger charge is 2.33. The normalized spacial score (nSPS) is 15.6. The summed E-state index contributed by atoms with van der Waals surface area (Å²) in [6.45, 7) is 5.22. The number of carbonyl (C=O) groups excluding carboxylic acids is 1. The highest BCUT2D eigenvalue weighted by molar-refractivity contribution is 7.07. The van der Waals surface area contributed by atoms with Gasteiger partial charge >= 0.3 is 5.97 Å². The van der Waals surface area contributed by atoms with Crippen LogP contribution in [0.1, 0.15) is 37.9 Å². The van der Waals surface area contributed by atoms with Gasteiger partial charge in [0.15, 0.2) is 4.80 Å². The largest absolute Gasteiger partial charge is 0.497 e. The maximum Gasteiger partial charge on any atom is 0.338 e. The predicted octanol–water partition coefficient (Wildman–Crippen LogP) is 3.10. The lowest BCUT2D eigenvalue weighted by molar-refractivity contribution is -0.384. The molecular weight excluding hydrogens is 470 g/mol. The van der Waals surface area contributed by atoms with Crippen molar-refractivity contribution in [3.63, 3.8) is 0 Å². The number of fused-ring (bicyclic) bond motifs is 1. The number of rotatable bonds is 6. The smallest absolute Gasteiger partial charge is 0.338 e. The van der Waals surface area contributed by atoms with E-state index in [1.807, 2.05) is 0 Å². The number of aromatic nitrogens is 1. The number of thiazole rings is 1. The molecule has 0 aliphatic carbocycles. The van der Waals surface area contributed by atoms with E-state index in [9.17, 15) is 19.7 Å². The van der Waals surface area contributed by atoms with Crippen molar-refractivity contribution < 1.29 is 19.2 Å². The second kappa shape index (κ2) is 9.67. The molecule has 0 saturated carbocycles. The van der Waals surface area contributed by atoms with Crippen molar-refractivity contribution in [2.24, 2.45) is 4.99 Å². The average molecular weight is 494 g/mol. The summed E-state index contributed by atoms with van der Waals surface area (Å²) in [5.41, 5.74) is 1.51. The van der Waals surface area contributed by atoms with Gasteiger partial charge in [0.25, 0.3) is 11.2 Å². The molecule has 1 aliphatic rings. The first-order valence-corrected chi connectivity index (χ1v) is 11.6. The summed E-state index contributed by atoms with van der Waals surface area (Å²) in [5, 5.41) is 11.1. The van der Waals surface area contributed by atoms with Crippen molar-refractivity contribution in [2.75, 3.05) is 7.11 Å². The van der Waals surface area contributed by atoms with Gasteiger partial charge in [0, 0.05) is 12.1 Å². The molecule has 0 bridgehead atoms. The first-order valence-electron chi connectivity index (χ1n) is 10.8. The summed E-state index contributed by atoms with van der Waals surface area (Å²) < 4.78 is 12.6. The summed E-state index contributed by atoms with van der Waals surface area (Å²) in [5.74, 6) is 0.0915. The Morgan fingerprint density at radius 3 is 2.57 bits per heavy atom. The molecular formula is C25H23N3O6S. The van der Waals surface area contributed by atoms with Gasteiger partial charge in [0.1, 0.15) is 5.75 Å². The van der Waals surface area contributed by atoms with Gasteiger partial charge in [-0.3, -0.25) is 19.5 Å². The van der Waals surface area contributed by atoms with Gasteiger partial charge in [-0.05, 0) is 50.1 Å². The Bertz CT molecular complexity index is 1520. The van der Waals surface area contributed by atoms with E-state index >= 15 is 0 Å². The van der Waals surface area contributed by atoms with E-state index in [0.29, 0.717) is 31.9 Å². The van der Waals surface area contributed by atoms with Gasteiger partial charge < -0.3 is 9.47 Å². The fourth-order valence-corrected chi connectivity index (χ4v) is 4.89. The molecule has 9 nitrogen and oxygen atoms in total. The molecule has 2 heterocycles. The van der Waals surface area contributed by atoms with Crippen molar-refractivity contribution in [3.8, 4) is 5.75 Å². The Balaban J connectivity index is 1.92. The van der Waals surface area contributed by atoms with Crippen LogP contribution in [0, 0.1) is 10.1 Å². The summed E-state index contributed by atoms with van der Waals surface area (Å²) >= 11 is 1.16. The lowest BCUT2D eigenvalue weighted by atomic mass is 9.96. The average Bonchev–Trinajstić information content (AvgIpc) is 3.12. The Labute approximate surface area is 204 Å². The molecule has 0 radical (unpaired) electrons. The number of nitrogens with zero attached hydrogens (tertiary/aromatic N) is 3. The number of hydrogen-bond donors (Lipinski definition) is 0. The standard InChI is InChI=1S/C25H23N3O6S/c1-14(2)34-24(30)21-15(3)26-25-27(22(21)17-8-10-19(33-4)11-9-17)23(29)20(35-25)13-16-6-5-7-18(12-16)28(31)32/h5-14,22H,1-4H3/b20-13+. The number of hydrogen-bond acceptors (Lipinski definition) is 8. The molecule has 2 aromatic carbocycles. The number of methoxy groups -OCH3 is 1. The molecule has 1 aromatic heterocycles. The zero-order valence-corrected chi connectivity index (χ0v) is 20.4. The molecule has 3 aromatic rings. The van der Waals surface area contributed by atoms with E-state index in [2.05, 4.69) is 4.99 Å². The molecule has 0 saturated heterocycles. The lowest BCUT2D eigenvalue weighted by Gasteiger charge is -2.25. The summed E-state index contributed by atoms with van der Waals surface area (Å²) in [7, 11) is 1.56. The third-order valence-electron chi connectivity index (χ3n) is 5.39. The molecule has 10 heteroatoms. The minimum Gasteiger partial charge on any atom is -0.497 e. The molecule has 0 amide bonds. The second-order valence-electron chi connectivity index (χ2n) is 8.16. The number of carbonyl (C=O) groups is 1. The third kappa shape index (κ3) is 4.78. The minimum atomic E-state index is -0.754. The predicted molar refractivity (Wildman–Crippen MR) is 131 cm³/mol. The van der Waals surface area contributed by atoms with E-state index in [1.54, 1.807) is 70.4 Å². The van der Waals surface area contributed by atoms with Crippen LogP contribution in [0.5, 0.6) is 5.75 Å². The lowest BCUT2D eigenvalue weighted by Crippen LogP contribution is -2.40. The number of allylic oxidation sites excluding steroid dienone is 1. The maximum absolute atomic E-state index is 13.6. The zero-order valence-electron chi connectivity index (χ0n) is 19.6. The SMILES string of the molecule is COc1ccc(C2C(C(=O)OC(C)C)=C(C)N=c3s/c(=C/c4cccc([N+](=O)[O-])c4)c(=O)n32)cc1. The van der Waals surface area contributed by atoms with Gasteiger partial charge in [-0.1, -0.05) is 35.6 Å². The van der Waals surface area contributed by atoms with Gasteiger partial charge in [-0.15, -0.1) is 0 Å². The van der Waals surface area contributed by atoms with Crippen LogP contribution in [0.15, 0.2) is 69.6 Å². The van der Waals surface area contributed by atoms with Gasteiger partial charge in [0.2, 0.25) is 0 Å². The van der Waals surface area contributed by atoms with Gasteiger partial charge in [0.05, 0.1) is 40.0 Å². The highest BCUT2D eigenvalue weighted by Crippen LogP contribution is 2.31. The van der Waals surface area contributed by atoms with E-state index < -0.39 is 16.9 Å². The fourth-order valence-electron chi connectivity index (χ4n) is 3.84. The second-order valence-corrected chi connectivity index (χ2v) is 9.17. The first-order chi connectivity index (χ1) is 16.7. The van der Waals surface area contributed by atoms with Crippen LogP contribution in [0.25, 0.3) is 6.08 Å². The molecule has 0 spiro atoms. The number of benzene rings is 2. The molecule has 0 N–H and O–H groups in total. The Morgan fingerprint density at radius 2 is 1.94 bits per heavy atom. The van der Waals surface area contributed by atoms with Crippen LogP contribution < -0.4 is 19.6 Å². The minimum absolute atomic E-state index is 0.0720. The first kappa shape index (κ1) is 24.1. The van der Waals surface area contributed by atoms with Crippen molar-refractivity contribution in [1.82, 2.24) is 4.57 Å². The number of nitro groups is 1. The number of ether oxygens (including phenoxy) is 2. The summed E-state index contributed by atoms with van der Waals surface area (Å²) in [6, 6.07) is 12.4. The van der Waals surface area contributed by atoms with Crippen LogP contribution in [0.2, 0.25) is 0 Å². The maximum atomic E-state index is 13.6. The van der Waals surface area contributed by atoms with Crippen molar-refractivity contribution in [2.45, 2.75) is 32.9 Å².